The maximum Gasteiger partial charge on any atom is 0.136 e. The molecule has 0 heterocycles. The van der Waals surface area contributed by atoms with Crippen LogP contribution in [0.25, 0.3) is 0 Å². The van der Waals surface area contributed by atoms with E-state index in [9.17, 15) is 5.11 Å². The SMILES string of the molecule is OCc1ccc(Oc2ccccc2)cc1Oc1ccccc1. The third kappa shape index (κ3) is 3.45. The van der Waals surface area contributed by atoms with Crippen LogP contribution in [0.15, 0.2) is 78.9 Å². The van der Waals surface area contributed by atoms with Crippen LogP contribution in [0.2, 0.25) is 0 Å². The molecule has 0 saturated heterocycles. The average Bonchev–Trinajstić information content (AvgIpc) is 2.57. The summed E-state index contributed by atoms with van der Waals surface area (Å²) in [6.45, 7) is -0.0895. The normalized spacial score (nSPS) is 10.2. The summed E-state index contributed by atoms with van der Waals surface area (Å²) in [4.78, 5) is 0. The number of aliphatic hydroxyl groups is 1. The molecule has 0 spiro atoms. The summed E-state index contributed by atoms with van der Waals surface area (Å²) in [5.41, 5.74) is 0.712. The van der Waals surface area contributed by atoms with Gasteiger partial charge in [-0.1, -0.05) is 36.4 Å². The number of hydrogen-bond acceptors (Lipinski definition) is 3. The molecule has 0 aliphatic heterocycles. The van der Waals surface area contributed by atoms with Gasteiger partial charge in [-0.3, -0.25) is 0 Å². The molecule has 0 radical (unpaired) electrons. The van der Waals surface area contributed by atoms with Crippen molar-refractivity contribution < 1.29 is 14.6 Å². The van der Waals surface area contributed by atoms with Gasteiger partial charge >= 0.3 is 0 Å². The molecule has 3 heteroatoms. The topological polar surface area (TPSA) is 38.7 Å². The van der Waals surface area contributed by atoms with E-state index in [2.05, 4.69) is 0 Å². The smallest absolute Gasteiger partial charge is 0.136 e. The molecule has 110 valence electrons. The predicted octanol–water partition coefficient (Wildman–Crippen LogP) is 4.76. The summed E-state index contributed by atoms with van der Waals surface area (Å²) in [6, 6.07) is 24.4. The lowest BCUT2D eigenvalue weighted by Crippen LogP contribution is -1.93. The van der Waals surface area contributed by atoms with Gasteiger partial charge in [0.15, 0.2) is 0 Å². The molecule has 3 aromatic rings. The number of para-hydroxylation sites is 2. The molecule has 0 aliphatic carbocycles. The van der Waals surface area contributed by atoms with Crippen LogP contribution in [0, 0.1) is 0 Å². The summed E-state index contributed by atoms with van der Waals surface area (Å²) in [7, 11) is 0. The second kappa shape index (κ2) is 6.78. The van der Waals surface area contributed by atoms with Gasteiger partial charge in [-0.15, -0.1) is 0 Å². The van der Waals surface area contributed by atoms with Gasteiger partial charge in [-0.05, 0) is 36.4 Å². The first-order valence-corrected chi connectivity index (χ1v) is 7.05. The lowest BCUT2D eigenvalue weighted by molar-refractivity contribution is 0.276. The largest absolute Gasteiger partial charge is 0.457 e. The van der Waals surface area contributed by atoms with Crippen molar-refractivity contribution in [3.05, 3.63) is 84.4 Å². The Morgan fingerprint density at radius 2 is 1.23 bits per heavy atom. The zero-order valence-electron chi connectivity index (χ0n) is 12.0. The molecule has 22 heavy (non-hydrogen) atoms. The fourth-order valence-electron chi connectivity index (χ4n) is 2.06. The van der Waals surface area contributed by atoms with Crippen LogP contribution in [0.3, 0.4) is 0 Å². The minimum atomic E-state index is -0.0895. The van der Waals surface area contributed by atoms with Gasteiger partial charge in [0.25, 0.3) is 0 Å². The first kappa shape index (κ1) is 14.2. The number of ether oxygens (including phenoxy) is 2. The molecular weight excluding hydrogens is 276 g/mol. The van der Waals surface area contributed by atoms with E-state index in [-0.39, 0.29) is 6.61 Å². The third-order valence-corrected chi connectivity index (χ3v) is 3.16. The molecule has 1 N–H and O–H groups in total. The van der Waals surface area contributed by atoms with E-state index >= 15 is 0 Å². The monoisotopic (exact) mass is 292 g/mol. The Hall–Kier alpha value is -2.78. The van der Waals surface area contributed by atoms with Gasteiger partial charge in [-0.25, -0.2) is 0 Å². The zero-order valence-corrected chi connectivity index (χ0v) is 12.0. The highest BCUT2D eigenvalue weighted by molar-refractivity contribution is 5.44. The molecule has 3 rings (SSSR count). The van der Waals surface area contributed by atoms with Crippen molar-refractivity contribution in [1.29, 1.82) is 0 Å². The first-order chi connectivity index (χ1) is 10.8. The number of rotatable bonds is 5. The van der Waals surface area contributed by atoms with Crippen LogP contribution in [-0.2, 0) is 6.61 Å². The Kier molecular flexibility index (Phi) is 4.37. The van der Waals surface area contributed by atoms with Crippen molar-refractivity contribution in [1.82, 2.24) is 0 Å². The number of hydrogen-bond donors (Lipinski definition) is 1. The van der Waals surface area contributed by atoms with Gasteiger partial charge in [0.05, 0.1) is 6.61 Å². The molecule has 0 amide bonds. The molecule has 0 saturated carbocycles. The van der Waals surface area contributed by atoms with Crippen LogP contribution in [-0.4, -0.2) is 5.11 Å². The average molecular weight is 292 g/mol. The second-order valence-electron chi connectivity index (χ2n) is 4.76. The summed E-state index contributed by atoms with van der Waals surface area (Å²) in [6.07, 6.45) is 0. The van der Waals surface area contributed by atoms with Crippen molar-refractivity contribution in [3.63, 3.8) is 0 Å². The molecule has 0 aromatic heterocycles. The maximum atomic E-state index is 9.46. The van der Waals surface area contributed by atoms with Crippen LogP contribution >= 0.6 is 0 Å². The summed E-state index contributed by atoms with van der Waals surface area (Å²) in [5.74, 6) is 2.72. The van der Waals surface area contributed by atoms with E-state index in [4.69, 9.17) is 9.47 Å². The quantitative estimate of drug-likeness (QED) is 0.736. The first-order valence-electron chi connectivity index (χ1n) is 7.05. The Morgan fingerprint density at radius 3 is 1.82 bits per heavy atom. The summed E-state index contributed by atoms with van der Waals surface area (Å²) in [5, 5.41) is 9.46. The van der Waals surface area contributed by atoms with Gasteiger partial charge in [0.1, 0.15) is 23.0 Å². The Labute approximate surface area is 129 Å². The molecular formula is C19H16O3. The van der Waals surface area contributed by atoms with Crippen molar-refractivity contribution in [3.8, 4) is 23.0 Å². The highest BCUT2D eigenvalue weighted by Crippen LogP contribution is 2.31. The van der Waals surface area contributed by atoms with E-state index in [0.29, 0.717) is 22.8 Å². The molecule has 0 bridgehead atoms. The van der Waals surface area contributed by atoms with Crippen molar-refractivity contribution >= 4 is 0 Å². The van der Waals surface area contributed by atoms with Gasteiger partial charge < -0.3 is 14.6 Å². The Morgan fingerprint density at radius 1 is 0.636 bits per heavy atom. The van der Waals surface area contributed by atoms with Crippen LogP contribution in [0.5, 0.6) is 23.0 Å². The summed E-state index contributed by atoms with van der Waals surface area (Å²) >= 11 is 0. The van der Waals surface area contributed by atoms with E-state index in [0.717, 1.165) is 5.75 Å². The van der Waals surface area contributed by atoms with Crippen molar-refractivity contribution in [2.45, 2.75) is 6.61 Å². The fourth-order valence-corrected chi connectivity index (χ4v) is 2.06. The molecule has 0 fully saturated rings. The fraction of sp³-hybridized carbons (Fsp3) is 0.0526. The lowest BCUT2D eigenvalue weighted by atomic mass is 10.2. The van der Waals surface area contributed by atoms with E-state index in [1.54, 1.807) is 12.1 Å². The summed E-state index contributed by atoms with van der Waals surface area (Å²) < 4.78 is 11.6. The van der Waals surface area contributed by atoms with E-state index < -0.39 is 0 Å². The van der Waals surface area contributed by atoms with Crippen LogP contribution in [0.1, 0.15) is 5.56 Å². The Balaban J connectivity index is 1.86. The zero-order chi connectivity index (χ0) is 15.2. The van der Waals surface area contributed by atoms with Crippen LogP contribution < -0.4 is 9.47 Å². The molecule has 3 nitrogen and oxygen atoms in total. The van der Waals surface area contributed by atoms with Gasteiger partial charge in [0, 0.05) is 11.6 Å². The molecule has 3 aromatic carbocycles. The highest BCUT2D eigenvalue weighted by Gasteiger charge is 2.07. The Bertz CT molecular complexity index is 724. The minimum absolute atomic E-state index is 0.0895. The van der Waals surface area contributed by atoms with Gasteiger partial charge in [-0.2, -0.15) is 0 Å². The van der Waals surface area contributed by atoms with Crippen molar-refractivity contribution in [2.75, 3.05) is 0 Å². The third-order valence-electron chi connectivity index (χ3n) is 3.16. The highest BCUT2D eigenvalue weighted by atomic mass is 16.5. The van der Waals surface area contributed by atoms with Crippen molar-refractivity contribution in [2.24, 2.45) is 0 Å². The predicted molar refractivity (Wildman–Crippen MR) is 85.4 cm³/mol. The van der Waals surface area contributed by atoms with Gasteiger partial charge in [0.2, 0.25) is 0 Å². The second-order valence-corrected chi connectivity index (χ2v) is 4.76. The number of benzene rings is 3. The maximum absolute atomic E-state index is 9.46. The molecule has 0 atom stereocenters. The van der Waals surface area contributed by atoms with E-state index in [1.165, 1.54) is 0 Å². The van der Waals surface area contributed by atoms with Crippen LogP contribution in [0.4, 0.5) is 0 Å². The standard InChI is InChI=1S/C19H16O3/c20-14-15-11-12-18(21-16-7-3-1-4-8-16)13-19(15)22-17-9-5-2-6-10-17/h1-13,20H,14H2. The molecule has 0 aliphatic rings. The minimum Gasteiger partial charge on any atom is -0.457 e. The van der Waals surface area contributed by atoms with E-state index in [1.807, 2.05) is 66.7 Å². The molecule has 0 unspecified atom stereocenters. The number of aliphatic hydroxyl groups excluding tert-OH is 1. The lowest BCUT2D eigenvalue weighted by Gasteiger charge is -2.12.